The van der Waals surface area contributed by atoms with Crippen LogP contribution in [-0.2, 0) is 0 Å². The smallest absolute Gasteiger partial charge is 0.302 e. The van der Waals surface area contributed by atoms with Crippen molar-refractivity contribution < 1.29 is 25.0 Å². The number of nitro groups is 1. The number of nitrogens with zero attached hydrogens (tertiary/aromatic N) is 2. The van der Waals surface area contributed by atoms with Crippen molar-refractivity contribution >= 4 is 22.7 Å². The number of rotatable bonds is 7. The van der Waals surface area contributed by atoms with Crippen LogP contribution in [0.15, 0.2) is 42.6 Å². The zero-order valence-electron chi connectivity index (χ0n) is 15.0. The summed E-state index contributed by atoms with van der Waals surface area (Å²) in [5.74, 6) is 0.0880. The van der Waals surface area contributed by atoms with Crippen molar-refractivity contribution in [1.29, 1.82) is 0 Å². The number of nitrogens with one attached hydrogen (secondary N) is 1. The van der Waals surface area contributed by atoms with Crippen LogP contribution in [0.1, 0.15) is 5.69 Å². The standard InChI is InChI=1S/C19H19N3O6/c1-28-18-5-2-12(10-17(18)25)21-15(6-7-20-8-9-23)19(22(26)27)14-4-3-13(24)11-16(14)21/h2-7,10-11,20,23-25H,8-9H2,1H3. The van der Waals surface area contributed by atoms with Gasteiger partial charge in [-0.15, -0.1) is 0 Å². The van der Waals surface area contributed by atoms with E-state index < -0.39 is 4.92 Å². The van der Waals surface area contributed by atoms with Gasteiger partial charge in [-0.25, -0.2) is 0 Å². The maximum Gasteiger partial charge on any atom is 0.302 e. The van der Waals surface area contributed by atoms with Crippen molar-refractivity contribution in [2.75, 3.05) is 20.3 Å². The van der Waals surface area contributed by atoms with E-state index in [1.54, 1.807) is 16.7 Å². The van der Waals surface area contributed by atoms with Crippen molar-refractivity contribution in [2.45, 2.75) is 0 Å². The van der Waals surface area contributed by atoms with Crippen LogP contribution in [0.2, 0.25) is 0 Å². The van der Waals surface area contributed by atoms with Crippen molar-refractivity contribution in [2.24, 2.45) is 0 Å². The van der Waals surface area contributed by atoms with Gasteiger partial charge < -0.3 is 29.9 Å². The lowest BCUT2D eigenvalue weighted by atomic mass is 10.2. The predicted molar refractivity (Wildman–Crippen MR) is 104 cm³/mol. The predicted octanol–water partition coefficient (Wildman–Crippen LogP) is 2.51. The van der Waals surface area contributed by atoms with E-state index in [-0.39, 0.29) is 41.8 Å². The molecular formula is C19H19N3O6. The van der Waals surface area contributed by atoms with Gasteiger partial charge in [-0.05, 0) is 36.5 Å². The van der Waals surface area contributed by atoms with Gasteiger partial charge in [0.05, 0.1) is 35.2 Å². The minimum atomic E-state index is -0.495. The van der Waals surface area contributed by atoms with E-state index in [0.29, 0.717) is 16.6 Å². The summed E-state index contributed by atoms with van der Waals surface area (Å²) in [5, 5.41) is 43.9. The first-order valence-corrected chi connectivity index (χ1v) is 8.38. The number of hydrogen-bond donors (Lipinski definition) is 4. The van der Waals surface area contributed by atoms with Gasteiger partial charge in [0.15, 0.2) is 11.5 Å². The molecule has 3 rings (SSSR count). The quantitative estimate of drug-likeness (QED) is 0.279. The molecular weight excluding hydrogens is 366 g/mol. The molecule has 4 N–H and O–H groups in total. The van der Waals surface area contributed by atoms with Crippen molar-refractivity contribution in [3.8, 4) is 22.9 Å². The summed E-state index contributed by atoms with van der Waals surface area (Å²) in [5.41, 5.74) is 0.940. The van der Waals surface area contributed by atoms with Crippen LogP contribution in [0.3, 0.4) is 0 Å². The van der Waals surface area contributed by atoms with E-state index >= 15 is 0 Å². The van der Waals surface area contributed by atoms with Gasteiger partial charge in [0.2, 0.25) is 0 Å². The molecule has 9 heteroatoms. The molecule has 1 aromatic heterocycles. The van der Waals surface area contributed by atoms with Crippen LogP contribution in [0.5, 0.6) is 17.2 Å². The van der Waals surface area contributed by atoms with Crippen LogP contribution in [0.4, 0.5) is 5.69 Å². The zero-order chi connectivity index (χ0) is 20.3. The Kier molecular flexibility index (Phi) is 5.37. The van der Waals surface area contributed by atoms with Gasteiger partial charge in [0.25, 0.3) is 0 Å². The maximum absolute atomic E-state index is 11.8. The number of aliphatic hydroxyl groups is 1. The monoisotopic (exact) mass is 385 g/mol. The summed E-state index contributed by atoms with van der Waals surface area (Å²) in [6.07, 6.45) is 3.00. The topological polar surface area (TPSA) is 130 Å². The molecule has 0 aliphatic carbocycles. The van der Waals surface area contributed by atoms with Crippen LogP contribution in [0.25, 0.3) is 22.7 Å². The van der Waals surface area contributed by atoms with Gasteiger partial charge in [-0.2, -0.15) is 0 Å². The number of phenols is 2. The minimum absolute atomic E-state index is 0.0483. The summed E-state index contributed by atoms with van der Waals surface area (Å²) in [4.78, 5) is 11.3. The molecule has 0 bridgehead atoms. The number of aromatic nitrogens is 1. The second-order valence-corrected chi connectivity index (χ2v) is 5.90. The van der Waals surface area contributed by atoms with Gasteiger partial charge in [0, 0.05) is 18.7 Å². The number of aromatic hydroxyl groups is 2. The molecule has 0 spiro atoms. The van der Waals surface area contributed by atoms with Crippen LogP contribution in [-0.4, -0.2) is 45.1 Å². The first kappa shape index (κ1) is 19.1. The molecule has 0 saturated carbocycles. The SMILES string of the molecule is COc1ccc(-n2c(C=CNCCO)c([N+](=O)[O-])c3ccc(O)cc32)cc1O. The number of phenolic OH excluding ortho intramolecular Hbond substituents is 2. The number of benzene rings is 2. The third-order valence-corrected chi connectivity index (χ3v) is 4.18. The van der Waals surface area contributed by atoms with Crippen LogP contribution >= 0.6 is 0 Å². The Balaban J connectivity index is 2.32. The highest BCUT2D eigenvalue weighted by Gasteiger charge is 2.26. The molecule has 2 aromatic carbocycles. The Labute approximate surface area is 159 Å². The fourth-order valence-electron chi connectivity index (χ4n) is 3.01. The average molecular weight is 385 g/mol. The highest BCUT2D eigenvalue weighted by molar-refractivity contribution is 5.96. The summed E-state index contributed by atoms with van der Waals surface area (Å²) in [6.45, 7) is 0.199. The third kappa shape index (κ3) is 3.42. The van der Waals surface area contributed by atoms with E-state index in [1.807, 2.05) is 0 Å². The number of hydrogen-bond acceptors (Lipinski definition) is 7. The molecule has 3 aromatic rings. The molecule has 0 saturated heterocycles. The number of fused-ring (bicyclic) bond motifs is 1. The molecule has 0 amide bonds. The Morgan fingerprint density at radius 1 is 1.25 bits per heavy atom. The molecule has 1 heterocycles. The Bertz CT molecular complexity index is 1060. The molecule has 0 atom stereocenters. The van der Waals surface area contributed by atoms with Crippen molar-refractivity contribution in [1.82, 2.24) is 9.88 Å². The molecule has 9 nitrogen and oxygen atoms in total. The summed E-state index contributed by atoms with van der Waals surface area (Å²) < 4.78 is 6.61. The maximum atomic E-state index is 11.8. The van der Waals surface area contributed by atoms with E-state index in [0.717, 1.165) is 0 Å². The van der Waals surface area contributed by atoms with Gasteiger partial charge >= 0.3 is 5.69 Å². The summed E-state index contributed by atoms with van der Waals surface area (Å²) >= 11 is 0. The molecule has 146 valence electrons. The zero-order valence-corrected chi connectivity index (χ0v) is 15.0. The second kappa shape index (κ2) is 7.89. The summed E-state index contributed by atoms with van der Waals surface area (Å²) in [6, 6.07) is 8.88. The normalized spacial score (nSPS) is 11.2. The Hall–Kier alpha value is -3.72. The highest BCUT2D eigenvalue weighted by Crippen LogP contribution is 2.39. The number of methoxy groups -OCH3 is 1. The Morgan fingerprint density at radius 3 is 2.68 bits per heavy atom. The molecule has 0 fully saturated rings. The van der Waals surface area contributed by atoms with Crippen molar-refractivity contribution in [3.05, 3.63) is 58.4 Å². The molecule has 0 radical (unpaired) electrons. The lowest BCUT2D eigenvalue weighted by molar-refractivity contribution is -0.383. The largest absolute Gasteiger partial charge is 0.508 e. The third-order valence-electron chi connectivity index (χ3n) is 4.18. The molecule has 0 aliphatic rings. The fourth-order valence-corrected chi connectivity index (χ4v) is 3.01. The lowest BCUT2D eigenvalue weighted by Gasteiger charge is -2.11. The first-order chi connectivity index (χ1) is 13.5. The molecule has 28 heavy (non-hydrogen) atoms. The van der Waals surface area contributed by atoms with Gasteiger partial charge in [0.1, 0.15) is 11.4 Å². The first-order valence-electron chi connectivity index (χ1n) is 8.38. The van der Waals surface area contributed by atoms with Crippen molar-refractivity contribution in [3.63, 3.8) is 0 Å². The number of ether oxygens (including phenoxy) is 1. The minimum Gasteiger partial charge on any atom is -0.508 e. The number of aliphatic hydroxyl groups excluding tert-OH is 1. The molecule has 0 aliphatic heterocycles. The van der Waals surface area contributed by atoms with Crippen LogP contribution < -0.4 is 10.1 Å². The van der Waals surface area contributed by atoms with Crippen LogP contribution in [0, 0.1) is 10.1 Å². The Morgan fingerprint density at radius 2 is 2.04 bits per heavy atom. The summed E-state index contributed by atoms with van der Waals surface area (Å²) in [7, 11) is 1.42. The second-order valence-electron chi connectivity index (χ2n) is 5.90. The molecule has 0 unspecified atom stereocenters. The average Bonchev–Trinajstić information content (AvgIpc) is 2.98. The van der Waals surface area contributed by atoms with Gasteiger partial charge in [-0.1, -0.05) is 0 Å². The lowest BCUT2D eigenvalue weighted by Crippen LogP contribution is -2.10. The highest BCUT2D eigenvalue weighted by atomic mass is 16.6. The van der Waals surface area contributed by atoms with Gasteiger partial charge in [-0.3, -0.25) is 10.1 Å². The van der Waals surface area contributed by atoms with E-state index in [9.17, 15) is 20.3 Å². The van der Waals surface area contributed by atoms with E-state index in [1.165, 1.54) is 43.7 Å². The fraction of sp³-hybridized carbons (Fsp3) is 0.158. The van der Waals surface area contributed by atoms with E-state index in [2.05, 4.69) is 5.32 Å². The van der Waals surface area contributed by atoms with E-state index in [4.69, 9.17) is 9.84 Å².